The lowest BCUT2D eigenvalue weighted by molar-refractivity contribution is 0.0855. The van der Waals surface area contributed by atoms with Crippen molar-refractivity contribution >= 4 is 30.1 Å². The fourth-order valence-electron chi connectivity index (χ4n) is 1.78. The van der Waals surface area contributed by atoms with Gasteiger partial charge in [-0.1, -0.05) is 25.7 Å². The molecule has 1 aromatic heterocycles. The van der Waals surface area contributed by atoms with E-state index in [-0.39, 0.29) is 0 Å². The van der Waals surface area contributed by atoms with Crippen molar-refractivity contribution in [2.75, 3.05) is 6.61 Å². The van der Waals surface area contributed by atoms with Crippen LogP contribution in [0.25, 0.3) is 0 Å². The van der Waals surface area contributed by atoms with Crippen LogP contribution in [0.5, 0.6) is 0 Å². The van der Waals surface area contributed by atoms with Crippen molar-refractivity contribution in [3.05, 3.63) is 29.3 Å². The summed E-state index contributed by atoms with van der Waals surface area (Å²) in [5.41, 5.74) is 0.642. The first kappa shape index (κ1) is 18.9. The van der Waals surface area contributed by atoms with E-state index >= 15 is 0 Å². The maximum atomic E-state index is 10.8. The van der Waals surface area contributed by atoms with Gasteiger partial charge in [0, 0.05) is 20.9 Å². The Morgan fingerprint density at radius 3 is 2.86 bits per heavy atom. The second-order valence-electron chi connectivity index (χ2n) is 6.28. The van der Waals surface area contributed by atoms with Gasteiger partial charge < -0.3 is 19.7 Å². The zero-order valence-electron chi connectivity index (χ0n) is 13.3. The average molecular weight is 390 g/mol. The molecule has 1 atom stereocenters. The molecular weight excluding hydrogens is 366 g/mol. The molecule has 0 aliphatic rings. The smallest absolute Gasteiger partial charge is 0.405 e. The van der Waals surface area contributed by atoms with Crippen molar-refractivity contribution in [3.8, 4) is 0 Å². The molecule has 0 fully saturated rings. The summed E-state index contributed by atoms with van der Waals surface area (Å²) in [6.07, 6.45) is 2.86. The highest BCUT2D eigenvalue weighted by molar-refractivity contribution is 9.10. The van der Waals surface area contributed by atoms with Gasteiger partial charge in [0.15, 0.2) is 4.73 Å². The lowest BCUT2D eigenvalue weighted by atomic mass is 10.1. The number of carbonyl (C=O) groups is 1. The molecule has 0 aromatic carbocycles. The van der Waals surface area contributed by atoms with Crippen LogP contribution in [-0.4, -0.2) is 35.4 Å². The molecule has 22 heavy (non-hydrogen) atoms. The third-order valence-electron chi connectivity index (χ3n) is 3.03. The van der Waals surface area contributed by atoms with E-state index in [1.165, 1.54) is 0 Å². The molecule has 1 aromatic rings. The molecule has 0 saturated heterocycles. The van der Waals surface area contributed by atoms with E-state index in [0.29, 0.717) is 23.6 Å². The first-order valence-corrected chi connectivity index (χ1v) is 11.6. The zero-order chi connectivity index (χ0) is 16.8. The van der Waals surface area contributed by atoms with E-state index in [4.69, 9.17) is 9.84 Å². The normalized spacial score (nSPS) is 12.9. The molecule has 0 aliphatic carbocycles. The Morgan fingerprint density at radius 1 is 1.64 bits per heavy atom. The Morgan fingerprint density at radius 2 is 2.32 bits per heavy atom. The summed E-state index contributed by atoms with van der Waals surface area (Å²) in [5.74, 6) is 0. The summed E-state index contributed by atoms with van der Waals surface area (Å²) in [6, 6.07) is 0.695. The van der Waals surface area contributed by atoms with Crippen molar-refractivity contribution in [3.63, 3.8) is 0 Å². The molecule has 2 N–H and O–H groups in total. The van der Waals surface area contributed by atoms with Crippen LogP contribution >= 0.6 is 15.9 Å². The van der Waals surface area contributed by atoms with Gasteiger partial charge in [0.1, 0.15) is 6.73 Å². The lowest BCUT2D eigenvalue weighted by Crippen LogP contribution is -2.26. The van der Waals surface area contributed by atoms with E-state index in [1.54, 1.807) is 12.3 Å². The Kier molecular flexibility index (Phi) is 7.31. The van der Waals surface area contributed by atoms with Crippen molar-refractivity contribution in [2.45, 2.75) is 44.9 Å². The molecule has 0 aliphatic heterocycles. The van der Waals surface area contributed by atoms with Gasteiger partial charge in [-0.3, -0.25) is 0 Å². The third-order valence-corrected chi connectivity index (χ3v) is 5.37. The molecule has 0 radical (unpaired) electrons. The first-order valence-electron chi connectivity index (χ1n) is 7.13. The quantitative estimate of drug-likeness (QED) is 0.382. The second-order valence-corrected chi connectivity index (χ2v) is 12.6. The number of rotatable bonds is 9. The average Bonchev–Trinajstić information content (AvgIpc) is 2.74. The number of ether oxygens (including phenoxy) is 1. The van der Waals surface area contributed by atoms with Gasteiger partial charge in [-0.25, -0.2) is 9.78 Å². The Hall–Kier alpha value is -1.12. The summed E-state index contributed by atoms with van der Waals surface area (Å²) in [6.45, 7) is 11.7. The number of hydrogen-bond acceptors (Lipinski definition) is 3. The van der Waals surface area contributed by atoms with Gasteiger partial charge in [0.2, 0.25) is 0 Å². The fourth-order valence-corrected chi connectivity index (χ4v) is 2.95. The van der Waals surface area contributed by atoms with Crippen molar-refractivity contribution < 1.29 is 14.6 Å². The van der Waals surface area contributed by atoms with Crippen molar-refractivity contribution in [1.82, 2.24) is 14.9 Å². The molecule has 0 spiro atoms. The van der Waals surface area contributed by atoms with Gasteiger partial charge in [0.25, 0.3) is 0 Å². The topological polar surface area (TPSA) is 76.4 Å². The largest absolute Gasteiger partial charge is 0.465 e. The number of amides is 1. The zero-order valence-corrected chi connectivity index (χ0v) is 15.9. The summed E-state index contributed by atoms with van der Waals surface area (Å²) in [5, 5.41) is 11.3. The summed E-state index contributed by atoms with van der Waals surface area (Å²) >= 11 is 3.37. The van der Waals surface area contributed by atoms with Gasteiger partial charge >= 0.3 is 6.09 Å². The van der Waals surface area contributed by atoms with Gasteiger partial charge in [0.05, 0.1) is 11.7 Å². The van der Waals surface area contributed by atoms with Crippen LogP contribution in [0.1, 0.15) is 18.2 Å². The van der Waals surface area contributed by atoms with E-state index in [9.17, 15) is 4.79 Å². The monoisotopic (exact) mass is 389 g/mol. The number of imidazole rings is 1. The molecule has 0 saturated carbocycles. The lowest BCUT2D eigenvalue weighted by Gasteiger charge is -2.15. The maximum Gasteiger partial charge on any atom is 0.405 e. The summed E-state index contributed by atoms with van der Waals surface area (Å²) in [4.78, 5) is 15.2. The maximum absolute atomic E-state index is 10.8. The SMILES string of the molecule is C=CCC(NC(=O)O)c1cn(COCC[Si](C)(C)C)c(Br)n1. The Labute approximate surface area is 140 Å². The van der Waals surface area contributed by atoms with Crippen LogP contribution in [-0.2, 0) is 11.5 Å². The molecule has 6 nitrogen and oxygen atoms in total. The minimum Gasteiger partial charge on any atom is -0.465 e. The summed E-state index contributed by atoms with van der Waals surface area (Å²) in [7, 11) is -1.10. The third kappa shape index (κ3) is 6.76. The predicted octanol–water partition coefficient (Wildman–Crippen LogP) is 3.84. The van der Waals surface area contributed by atoms with Crippen LogP contribution in [0.2, 0.25) is 25.7 Å². The molecule has 1 rings (SSSR count). The Balaban J connectivity index is 2.65. The molecule has 1 heterocycles. The van der Waals surface area contributed by atoms with Gasteiger partial charge in [-0.05, 0) is 28.4 Å². The fraction of sp³-hybridized carbons (Fsp3) is 0.571. The van der Waals surface area contributed by atoms with Crippen molar-refractivity contribution in [1.29, 1.82) is 0 Å². The molecule has 8 heteroatoms. The standard InChI is InChI=1S/C14H24BrN3O3Si/c1-5-6-11(17-14(19)20)12-9-18(13(15)16-12)10-21-7-8-22(2,3)4/h5,9,11,17H,1,6-8,10H2,2-4H3,(H,19,20). The minimum atomic E-state index is -1.10. The van der Waals surface area contributed by atoms with E-state index in [2.05, 4.69) is 52.5 Å². The number of hydrogen-bond donors (Lipinski definition) is 2. The number of nitrogens with one attached hydrogen (secondary N) is 1. The molecule has 0 bridgehead atoms. The van der Waals surface area contributed by atoms with Crippen molar-refractivity contribution in [2.24, 2.45) is 0 Å². The van der Waals surface area contributed by atoms with Gasteiger partial charge in [-0.15, -0.1) is 6.58 Å². The van der Waals surface area contributed by atoms with E-state index < -0.39 is 20.2 Å². The second kappa shape index (κ2) is 8.49. The highest BCUT2D eigenvalue weighted by atomic mass is 79.9. The molecular formula is C14H24BrN3O3Si. The van der Waals surface area contributed by atoms with E-state index in [0.717, 1.165) is 12.7 Å². The number of aromatic nitrogens is 2. The van der Waals surface area contributed by atoms with E-state index in [1.807, 2.05) is 4.57 Å². The van der Waals surface area contributed by atoms with Crippen LogP contribution in [0.15, 0.2) is 23.6 Å². The predicted molar refractivity (Wildman–Crippen MR) is 92.7 cm³/mol. The molecule has 1 amide bonds. The van der Waals surface area contributed by atoms with Gasteiger partial charge in [-0.2, -0.15) is 0 Å². The highest BCUT2D eigenvalue weighted by Crippen LogP contribution is 2.20. The first-order chi connectivity index (χ1) is 10.2. The number of nitrogens with zero attached hydrogens (tertiary/aromatic N) is 2. The van der Waals surface area contributed by atoms with Crippen LogP contribution in [0.4, 0.5) is 4.79 Å². The number of carboxylic acid groups (broad SMARTS) is 1. The highest BCUT2D eigenvalue weighted by Gasteiger charge is 2.18. The van der Waals surface area contributed by atoms with Crippen LogP contribution in [0.3, 0.4) is 0 Å². The van der Waals surface area contributed by atoms with Crippen LogP contribution in [0, 0.1) is 0 Å². The number of halogens is 1. The summed E-state index contributed by atoms with van der Waals surface area (Å²) < 4.78 is 8.12. The minimum absolute atomic E-state index is 0.395. The molecule has 124 valence electrons. The molecule has 1 unspecified atom stereocenters. The van der Waals surface area contributed by atoms with Crippen LogP contribution < -0.4 is 5.32 Å². The Bertz CT molecular complexity index is 514.